The van der Waals surface area contributed by atoms with Gasteiger partial charge in [0.15, 0.2) is 11.5 Å². The summed E-state index contributed by atoms with van der Waals surface area (Å²) in [5.41, 5.74) is 1.30. The highest BCUT2D eigenvalue weighted by Crippen LogP contribution is 2.32. The molecule has 1 N–H and O–H groups in total. The molecule has 1 amide bonds. The van der Waals surface area contributed by atoms with Crippen LogP contribution in [-0.4, -0.2) is 66.2 Å². The van der Waals surface area contributed by atoms with Gasteiger partial charge in [-0.15, -0.1) is 0 Å². The Kier molecular flexibility index (Phi) is 9.32. The van der Waals surface area contributed by atoms with Gasteiger partial charge in [0.1, 0.15) is 11.5 Å². The first-order valence-electron chi connectivity index (χ1n) is 9.94. The van der Waals surface area contributed by atoms with E-state index >= 15 is 0 Å². The Balaban J connectivity index is 1.96. The minimum atomic E-state index is -1.38. The van der Waals surface area contributed by atoms with Crippen LogP contribution in [-0.2, 0) is 21.3 Å². The lowest BCUT2D eigenvalue weighted by atomic mass is 10.2. The van der Waals surface area contributed by atoms with Gasteiger partial charge in [-0.1, -0.05) is 13.8 Å². The average molecular weight is 438 g/mol. The molecule has 1 heterocycles. The van der Waals surface area contributed by atoms with Crippen molar-refractivity contribution in [2.45, 2.75) is 26.5 Å². The number of hydrogen-bond acceptors (Lipinski definition) is 7. The summed E-state index contributed by atoms with van der Waals surface area (Å²) in [4.78, 5) is 18.7. The van der Waals surface area contributed by atoms with Crippen LogP contribution in [0.5, 0.6) is 11.5 Å². The van der Waals surface area contributed by atoms with Gasteiger partial charge in [-0.05, 0) is 38.2 Å². The second-order valence-corrected chi connectivity index (χ2v) is 8.15. The van der Waals surface area contributed by atoms with Gasteiger partial charge in [0.25, 0.3) is 0 Å². The number of carbonyl (C=O) groups excluding carboxylic acids is 1. The molecule has 30 heavy (non-hydrogen) atoms. The van der Waals surface area contributed by atoms with E-state index in [1.54, 1.807) is 33.3 Å². The molecular formula is C21H31N3O5S. The number of nitrogens with zero attached hydrogens (tertiary/aromatic N) is 2. The van der Waals surface area contributed by atoms with Crippen LogP contribution >= 0.6 is 0 Å². The first-order valence-corrected chi connectivity index (χ1v) is 11.4. The number of rotatable bonds is 12. The summed E-state index contributed by atoms with van der Waals surface area (Å²) >= 11 is 0. The zero-order chi connectivity index (χ0) is 22.1. The normalized spacial score (nSPS) is 12.1. The van der Waals surface area contributed by atoms with Crippen LogP contribution in [0.2, 0.25) is 0 Å². The molecule has 0 spiro atoms. The summed E-state index contributed by atoms with van der Waals surface area (Å²) in [7, 11) is 1.75. The molecule has 1 aromatic carbocycles. The summed E-state index contributed by atoms with van der Waals surface area (Å²) in [6, 6.07) is 5.36. The number of aromatic nitrogens is 1. The molecule has 2 aromatic rings. The van der Waals surface area contributed by atoms with E-state index in [0.717, 1.165) is 25.2 Å². The molecule has 1 atom stereocenters. The first-order chi connectivity index (χ1) is 14.4. The van der Waals surface area contributed by atoms with Crippen molar-refractivity contribution in [3.63, 3.8) is 0 Å². The van der Waals surface area contributed by atoms with Gasteiger partial charge in [0.2, 0.25) is 11.8 Å². The summed E-state index contributed by atoms with van der Waals surface area (Å²) in [6.45, 7) is 9.13. The second-order valence-electron chi connectivity index (χ2n) is 6.70. The van der Waals surface area contributed by atoms with Crippen molar-refractivity contribution in [2.75, 3.05) is 46.2 Å². The minimum absolute atomic E-state index is 0.0593. The molecule has 0 saturated heterocycles. The molecule has 0 aliphatic heterocycles. The summed E-state index contributed by atoms with van der Waals surface area (Å²) in [5, 5.41) is 2.82. The van der Waals surface area contributed by atoms with Crippen LogP contribution < -0.4 is 14.8 Å². The van der Waals surface area contributed by atoms with Crippen molar-refractivity contribution in [3.8, 4) is 23.0 Å². The monoisotopic (exact) mass is 437 g/mol. The largest absolute Gasteiger partial charge is 0.493 e. The molecule has 0 aliphatic rings. The van der Waals surface area contributed by atoms with Crippen molar-refractivity contribution < 1.29 is 22.9 Å². The molecule has 166 valence electrons. The molecule has 0 bridgehead atoms. The third-order valence-corrected chi connectivity index (χ3v) is 5.94. The average Bonchev–Trinajstić information content (AvgIpc) is 3.10. The summed E-state index contributed by atoms with van der Waals surface area (Å²) in [5.74, 6) is 2.04. The fourth-order valence-electron chi connectivity index (χ4n) is 2.95. The van der Waals surface area contributed by atoms with Gasteiger partial charge in [0.05, 0.1) is 25.7 Å². The van der Waals surface area contributed by atoms with E-state index in [4.69, 9.17) is 13.9 Å². The Hall–Kier alpha value is -2.39. The van der Waals surface area contributed by atoms with E-state index in [0.29, 0.717) is 35.4 Å². The lowest BCUT2D eigenvalue weighted by molar-refractivity contribution is -0.118. The minimum Gasteiger partial charge on any atom is -0.493 e. The number of oxazole rings is 1. The number of benzene rings is 1. The van der Waals surface area contributed by atoms with Crippen LogP contribution in [0.15, 0.2) is 22.6 Å². The Morgan fingerprint density at radius 2 is 1.90 bits per heavy atom. The van der Waals surface area contributed by atoms with Gasteiger partial charge < -0.3 is 24.1 Å². The third kappa shape index (κ3) is 6.56. The lowest BCUT2D eigenvalue weighted by Crippen LogP contribution is -2.36. The maximum atomic E-state index is 12.4. The molecule has 1 aromatic heterocycles. The smallest absolute Gasteiger partial charge is 0.232 e. The molecule has 0 aliphatic carbocycles. The number of methoxy groups -OCH3 is 2. The van der Waals surface area contributed by atoms with Gasteiger partial charge >= 0.3 is 0 Å². The Bertz CT molecular complexity index is 864. The second kappa shape index (κ2) is 11.7. The third-order valence-electron chi connectivity index (χ3n) is 4.76. The number of amides is 1. The molecular weight excluding hydrogens is 406 g/mol. The van der Waals surface area contributed by atoms with Crippen molar-refractivity contribution in [2.24, 2.45) is 0 Å². The van der Waals surface area contributed by atoms with Crippen LogP contribution in [0.25, 0.3) is 11.5 Å². The van der Waals surface area contributed by atoms with Crippen LogP contribution in [0.3, 0.4) is 0 Å². The van der Waals surface area contributed by atoms with E-state index in [-0.39, 0.29) is 17.4 Å². The van der Waals surface area contributed by atoms with Gasteiger partial charge in [-0.2, -0.15) is 0 Å². The number of hydrogen-bond donors (Lipinski definition) is 1. The van der Waals surface area contributed by atoms with Crippen molar-refractivity contribution in [1.29, 1.82) is 0 Å². The highest BCUT2D eigenvalue weighted by atomic mass is 32.2. The quantitative estimate of drug-likeness (QED) is 0.545. The van der Waals surface area contributed by atoms with E-state index < -0.39 is 10.8 Å². The van der Waals surface area contributed by atoms with Crippen molar-refractivity contribution in [1.82, 2.24) is 15.2 Å². The molecule has 1 unspecified atom stereocenters. The maximum absolute atomic E-state index is 12.4. The highest BCUT2D eigenvalue weighted by molar-refractivity contribution is 7.84. The molecule has 0 saturated carbocycles. The molecule has 2 rings (SSSR count). The number of ether oxygens (including phenoxy) is 2. The number of nitrogens with one attached hydrogen (secondary N) is 1. The fraction of sp³-hybridized carbons (Fsp3) is 0.524. The highest BCUT2D eigenvalue weighted by Gasteiger charge is 2.17. The Morgan fingerprint density at radius 1 is 1.20 bits per heavy atom. The van der Waals surface area contributed by atoms with Gasteiger partial charge in [0, 0.05) is 29.5 Å². The maximum Gasteiger partial charge on any atom is 0.232 e. The fourth-order valence-corrected chi connectivity index (χ4v) is 4.02. The lowest BCUT2D eigenvalue weighted by Gasteiger charge is -2.17. The van der Waals surface area contributed by atoms with Crippen molar-refractivity contribution >= 4 is 16.7 Å². The summed E-state index contributed by atoms with van der Waals surface area (Å²) < 4.78 is 28.7. The standard InChI is InChI=1S/C21H31N3O5S/c1-6-24(7-2)11-10-22-20(25)14-30(26)13-17-15(3)29-21(23-17)16-8-9-18(27-4)19(12-16)28-5/h8-9,12H,6-7,10-11,13-14H2,1-5H3,(H,22,25). The van der Waals surface area contributed by atoms with E-state index in [1.165, 1.54) is 0 Å². The molecule has 9 heteroatoms. The molecule has 8 nitrogen and oxygen atoms in total. The topological polar surface area (TPSA) is 93.9 Å². The van der Waals surface area contributed by atoms with E-state index in [1.807, 2.05) is 6.07 Å². The van der Waals surface area contributed by atoms with Crippen molar-refractivity contribution in [3.05, 3.63) is 29.7 Å². The molecule has 0 fully saturated rings. The first kappa shape index (κ1) is 23.9. The van der Waals surface area contributed by atoms with Crippen LogP contribution in [0, 0.1) is 6.92 Å². The predicted octanol–water partition coefficient (Wildman–Crippen LogP) is 2.37. The zero-order valence-electron chi connectivity index (χ0n) is 18.3. The van der Waals surface area contributed by atoms with E-state index in [2.05, 4.69) is 29.0 Å². The van der Waals surface area contributed by atoms with Crippen LogP contribution in [0.1, 0.15) is 25.3 Å². The van der Waals surface area contributed by atoms with Gasteiger partial charge in [-0.3, -0.25) is 9.00 Å². The van der Waals surface area contributed by atoms with Crippen LogP contribution in [0.4, 0.5) is 0 Å². The summed E-state index contributed by atoms with van der Waals surface area (Å²) in [6.07, 6.45) is 0. The van der Waals surface area contributed by atoms with E-state index in [9.17, 15) is 9.00 Å². The zero-order valence-corrected chi connectivity index (χ0v) is 19.1. The predicted molar refractivity (Wildman–Crippen MR) is 117 cm³/mol. The van der Waals surface area contributed by atoms with Gasteiger partial charge in [-0.25, -0.2) is 4.98 Å². The Morgan fingerprint density at radius 3 is 2.53 bits per heavy atom. The SMILES string of the molecule is CCN(CC)CCNC(=O)CS(=O)Cc1nc(-c2ccc(OC)c(OC)c2)oc1C. The molecule has 0 radical (unpaired) electrons. The number of likely N-dealkylation sites (N-methyl/N-ethyl adjacent to an activating group) is 1. The Labute approximate surface area is 180 Å². The number of aryl methyl sites for hydroxylation is 1. The number of carbonyl (C=O) groups is 1.